The number of fused-ring (bicyclic) bond motifs is 1. The van der Waals surface area contributed by atoms with E-state index in [0.717, 1.165) is 5.56 Å². The van der Waals surface area contributed by atoms with Crippen LogP contribution in [-0.2, 0) is 6.42 Å². The zero-order chi connectivity index (χ0) is 32.0. The molecular weight excluding hydrogens is 595 g/mol. The normalized spacial score (nSPS) is 13.6. The number of H-pyrrole nitrogens is 1. The monoisotopic (exact) mass is 631 g/mol. The second-order valence-corrected chi connectivity index (χ2v) is 11.3. The molecule has 0 spiro atoms. The van der Waals surface area contributed by atoms with Crippen molar-refractivity contribution >= 4 is 28.5 Å². The van der Waals surface area contributed by atoms with E-state index >= 15 is 8.78 Å². The highest BCUT2D eigenvalue weighted by Gasteiger charge is 2.19. The summed E-state index contributed by atoms with van der Waals surface area (Å²) in [5, 5.41) is 23.7. The molecule has 44 heavy (non-hydrogen) atoms. The summed E-state index contributed by atoms with van der Waals surface area (Å²) in [6, 6.07) is 7.92. The fourth-order valence-electron chi connectivity index (χ4n) is 5.08. The smallest absolute Gasteiger partial charge is 0.354 e. The van der Waals surface area contributed by atoms with Crippen molar-refractivity contribution in [3.8, 4) is 16.9 Å². The van der Waals surface area contributed by atoms with Crippen LogP contribution in [0.4, 0.5) is 13.2 Å². The number of aromatic amines is 1. The van der Waals surface area contributed by atoms with Crippen molar-refractivity contribution in [2.24, 2.45) is 5.73 Å². The number of nitrogens with two attached hydrogens (primary N) is 1. The first-order chi connectivity index (χ1) is 21.0. The van der Waals surface area contributed by atoms with Gasteiger partial charge in [-0.15, -0.1) is 0 Å². The predicted octanol–water partition coefficient (Wildman–Crippen LogP) is 4.92. The molecule has 0 aliphatic rings. The summed E-state index contributed by atoms with van der Waals surface area (Å²) >= 11 is 6.18. The molecule has 0 amide bonds. The van der Waals surface area contributed by atoms with Crippen LogP contribution in [-0.4, -0.2) is 57.4 Å². The highest BCUT2D eigenvalue weighted by Crippen LogP contribution is 2.31. The fraction of sp³-hybridized carbons (Fsp3) is 0.387. The molecular formula is C31H37ClF3N7O2. The molecule has 4 rings (SSSR count). The van der Waals surface area contributed by atoms with E-state index in [2.05, 4.69) is 20.6 Å². The van der Waals surface area contributed by atoms with E-state index < -0.39 is 36.1 Å². The molecule has 0 aliphatic heterocycles. The number of nitrogens with one attached hydrogen (secondary N) is 4. The molecule has 4 aromatic rings. The minimum atomic E-state index is -0.657. The fourth-order valence-corrected chi connectivity index (χ4v) is 5.32. The Morgan fingerprint density at radius 1 is 1.23 bits per heavy atom. The van der Waals surface area contributed by atoms with Crippen LogP contribution in [0.25, 0.3) is 28.0 Å². The van der Waals surface area contributed by atoms with Crippen LogP contribution >= 0.6 is 11.6 Å². The third kappa shape index (κ3) is 8.06. The Morgan fingerprint density at radius 2 is 2.00 bits per heavy atom. The first-order valence-electron chi connectivity index (χ1n) is 14.4. The Balaban J connectivity index is 1.57. The summed E-state index contributed by atoms with van der Waals surface area (Å²) in [4.78, 5) is 20.0. The zero-order valence-corrected chi connectivity index (χ0v) is 25.3. The SMILES string of the molecule is CC(=N)NCC[C@H](CO)N[C@@H](C)c1ccc(-n2cc3cc(-c4cc(CCC[C@@H](N)CF)cc(Cl)c4F)[nH]c3nc2=O)cc1F. The molecule has 7 N–H and O–H groups in total. The van der Waals surface area contributed by atoms with E-state index in [9.17, 15) is 14.3 Å². The molecule has 2 aromatic heterocycles. The van der Waals surface area contributed by atoms with Gasteiger partial charge in [0.2, 0.25) is 0 Å². The third-order valence-electron chi connectivity index (χ3n) is 7.44. The summed E-state index contributed by atoms with van der Waals surface area (Å²) < 4.78 is 44.3. The number of aliphatic hydroxyl groups is 1. The number of aliphatic hydroxyl groups excluding tert-OH is 1. The molecule has 0 radical (unpaired) electrons. The Hall–Kier alpha value is -3.71. The molecule has 0 saturated heterocycles. The molecule has 0 aliphatic carbocycles. The van der Waals surface area contributed by atoms with Gasteiger partial charge in [0.05, 0.1) is 28.8 Å². The van der Waals surface area contributed by atoms with Gasteiger partial charge in [-0.05, 0) is 75.4 Å². The minimum Gasteiger partial charge on any atom is -0.395 e. The van der Waals surface area contributed by atoms with Crippen LogP contribution in [0.3, 0.4) is 0 Å². The summed E-state index contributed by atoms with van der Waals surface area (Å²) in [6.45, 7) is 3.13. The topological polar surface area (TPSA) is 145 Å². The van der Waals surface area contributed by atoms with Gasteiger partial charge in [-0.2, -0.15) is 4.98 Å². The van der Waals surface area contributed by atoms with Crippen molar-refractivity contribution in [3.63, 3.8) is 0 Å². The Kier molecular flexibility index (Phi) is 11.2. The number of hydrogen-bond donors (Lipinski definition) is 6. The predicted molar refractivity (Wildman–Crippen MR) is 167 cm³/mol. The van der Waals surface area contributed by atoms with Gasteiger partial charge < -0.3 is 26.5 Å². The van der Waals surface area contributed by atoms with E-state index in [4.69, 9.17) is 22.7 Å². The number of aryl methyl sites for hydroxylation is 1. The Morgan fingerprint density at radius 3 is 2.68 bits per heavy atom. The lowest BCUT2D eigenvalue weighted by molar-refractivity contribution is 0.226. The molecule has 2 heterocycles. The van der Waals surface area contributed by atoms with Gasteiger partial charge in [-0.3, -0.25) is 9.98 Å². The van der Waals surface area contributed by atoms with Gasteiger partial charge in [-0.1, -0.05) is 17.7 Å². The molecule has 0 bridgehead atoms. The van der Waals surface area contributed by atoms with Crippen LogP contribution in [0, 0.1) is 17.0 Å². The molecule has 0 fully saturated rings. The van der Waals surface area contributed by atoms with Crippen LogP contribution in [0.2, 0.25) is 5.02 Å². The minimum absolute atomic E-state index is 0.0683. The zero-order valence-electron chi connectivity index (χ0n) is 24.6. The molecule has 13 heteroatoms. The quantitative estimate of drug-likeness (QED) is 0.0861. The van der Waals surface area contributed by atoms with Crippen molar-refractivity contribution in [3.05, 3.63) is 80.9 Å². The number of alkyl halides is 1. The van der Waals surface area contributed by atoms with Gasteiger partial charge >= 0.3 is 5.69 Å². The van der Waals surface area contributed by atoms with E-state index in [0.29, 0.717) is 54.7 Å². The largest absolute Gasteiger partial charge is 0.395 e. The summed E-state index contributed by atoms with van der Waals surface area (Å²) in [5.41, 5.74) is 7.15. The number of hydrogen-bond acceptors (Lipinski definition) is 6. The molecule has 2 aromatic carbocycles. The number of rotatable bonds is 14. The number of benzene rings is 2. The maximum atomic E-state index is 15.3. The second kappa shape index (κ2) is 14.8. The van der Waals surface area contributed by atoms with Crippen molar-refractivity contribution in [2.45, 2.75) is 57.7 Å². The first kappa shape index (κ1) is 33.2. The van der Waals surface area contributed by atoms with Crippen LogP contribution in [0.5, 0.6) is 0 Å². The molecule has 9 nitrogen and oxygen atoms in total. The van der Waals surface area contributed by atoms with E-state index in [-0.39, 0.29) is 34.6 Å². The number of halogens is 4. The first-order valence-corrected chi connectivity index (χ1v) is 14.8. The number of amidine groups is 1. The van der Waals surface area contributed by atoms with Gasteiger partial charge in [0.1, 0.15) is 18.1 Å². The van der Waals surface area contributed by atoms with E-state index in [1.54, 1.807) is 38.1 Å². The lowest BCUT2D eigenvalue weighted by atomic mass is 10.0. The Bertz CT molecular complexity index is 1680. The number of nitrogens with zero attached hydrogens (tertiary/aromatic N) is 2. The van der Waals surface area contributed by atoms with Crippen LogP contribution in [0.1, 0.15) is 50.3 Å². The van der Waals surface area contributed by atoms with Crippen molar-refractivity contribution in [2.75, 3.05) is 19.8 Å². The number of aromatic nitrogens is 3. The van der Waals surface area contributed by atoms with Gasteiger partial charge in [0.15, 0.2) is 5.82 Å². The molecule has 236 valence electrons. The average molecular weight is 632 g/mol. The van der Waals surface area contributed by atoms with Gasteiger partial charge in [0.25, 0.3) is 0 Å². The molecule has 0 saturated carbocycles. The van der Waals surface area contributed by atoms with Crippen molar-refractivity contribution < 1.29 is 18.3 Å². The maximum Gasteiger partial charge on any atom is 0.354 e. The summed E-state index contributed by atoms with van der Waals surface area (Å²) in [7, 11) is 0. The van der Waals surface area contributed by atoms with Gasteiger partial charge in [-0.25, -0.2) is 18.0 Å². The molecule has 3 atom stereocenters. The summed E-state index contributed by atoms with van der Waals surface area (Å²) in [5.74, 6) is -0.859. The van der Waals surface area contributed by atoms with Crippen LogP contribution < -0.4 is 22.1 Å². The highest BCUT2D eigenvalue weighted by atomic mass is 35.5. The third-order valence-corrected chi connectivity index (χ3v) is 7.72. The van der Waals surface area contributed by atoms with Crippen LogP contribution in [0.15, 0.2) is 47.4 Å². The van der Waals surface area contributed by atoms with Gasteiger partial charge in [0, 0.05) is 47.4 Å². The van der Waals surface area contributed by atoms with E-state index in [1.807, 2.05) is 0 Å². The lowest BCUT2D eigenvalue weighted by Crippen LogP contribution is -2.38. The Labute approximate surface area is 258 Å². The summed E-state index contributed by atoms with van der Waals surface area (Å²) in [6.07, 6.45) is 3.65. The van der Waals surface area contributed by atoms with E-state index in [1.165, 1.54) is 22.9 Å². The van der Waals surface area contributed by atoms with Crippen molar-refractivity contribution in [1.82, 2.24) is 25.2 Å². The second-order valence-electron chi connectivity index (χ2n) is 10.9. The lowest BCUT2D eigenvalue weighted by Gasteiger charge is -2.23. The van der Waals surface area contributed by atoms with Crippen molar-refractivity contribution in [1.29, 1.82) is 5.41 Å². The standard InChI is InChI=1S/C31H37ClF3N7O2/c1-17(39-22(16-43)8-9-38-18(2)36)24-7-6-23(13-27(24)34)42-15-20-12-28(40-30(20)41-31(42)44)25-10-19(11-26(32)29(25)35)4-3-5-21(37)14-33/h6-7,10-13,15,17,21-22,39,43H,3-5,8-9,14,16,37H2,1-2H3,(H2,36,38)(H,40,41,44)/t17-,21+,22+/m0/s1. The highest BCUT2D eigenvalue weighted by molar-refractivity contribution is 6.31. The molecule has 0 unspecified atom stereocenters. The maximum absolute atomic E-state index is 15.3. The average Bonchev–Trinajstić information content (AvgIpc) is 3.39.